The van der Waals surface area contributed by atoms with E-state index in [0.29, 0.717) is 0 Å². The molecule has 0 bridgehead atoms. The van der Waals surface area contributed by atoms with E-state index >= 15 is 0 Å². The minimum Gasteiger partial charge on any atom is -0.353 e. The van der Waals surface area contributed by atoms with Crippen molar-refractivity contribution in [2.75, 3.05) is 6.54 Å². The minimum atomic E-state index is -3.53. The molecule has 2 N–H and O–H groups in total. The van der Waals surface area contributed by atoms with Gasteiger partial charge in [-0.15, -0.1) is 0 Å². The molecular formula is C19H28N2O3S. The minimum absolute atomic E-state index is 0.0830. The Morgan fingerprint density at radius 2 is 1.68 bits per heavy atom. The molecule has 1 fully saturated rings. The Morgan fingerprint density at radius 3 is 2.36 bits per heavy atom. The molecule has 138 valence electrons. The number of hydrogen-bond acceptors (Lipinski definition) is 3. The first-order chi connectivity index (χ1) is 12.1. The van der Waals surface area contributed by atoms with Gasteiger partial charge >= 0.3 is 0 Å². The van der Waals surface area contributed by atoms with Crippen LogP contribution in [0.15, 0.2) is 35.7 Å². The second kappa shape index (κ2) is 10.4. The Bertz CT molecular complexity index is 649. The van der Waals surface area contributed by atoms with Gasteiger partial charge in [0.1, 0.15) is 0 Å². The lowest BCUT2D eigenvalue weighted by molar-refractivity contribution is -0.121. The molecule has 0 atom stereocenters. The fourth-order valence-electron chi connectivity index (χ4n) is 2.99. The van der Waals surface area contributed by atoms with E-state index in [-0.39, 0.29) is 24.9 Å². The molecule has 2 rings (SSSR count). The van der Waals surface area contributed by atoms with Crippen LogP contribution in [0.4, 0.5) is 0 Å². The van der Waals surface area contributed by atoms with Gasteiger partial charge < -0.3 is 5.32 Å². The number of carbonyl (C=O) groups excluding carboxylic acids is 1. The molecule has 0 unspecified atom stereocenters. The van der Waals surface area contributed by atoms with E-state index in [0.717, 1.165) is 36.7 Å². The summed E-state index contributed by atoms with van der Waals surface area (Å²) >= 11 is 0. The second-order valence-corrected chi connectivity index (χ2v) is 8.16. The molecule has 25 heavy (non-hydrogen) atoms. The average Bonchev–Trinajstić information content (AvgIpc) is 2.56. The zero-order valence-corrected chi connectivity index (χ0v) is 15.4. The van der Waals surface area contributed by atoms with Crippen molar-refractivity contribution < 1.29 is 13.2 Å². The molecule has 0 aromatic heterocycles. The van der Waals surface area contributed by atoms with Crippen molar-refractivity contribution in [3.05, 3.63) is 41.3 Å². The standard InChI is InChI=1S/C19H28N2O3S/c22-19(21-18-11-7-2-1-3-8-12-18)13-15-20-25(23,24)16-14-17-9-5-4-6-10-17/h4-6,9-10,14,16,18,20H,1-3,7-8,11-13,15H2,(H,21,22)/b16-14+. The van der Waals surface area contributed by atoms with E-state index in [1.807, 2.05) is 30.3 Å². The molecule has 1 amide bonds. The van der Waals surface area contributed by atoms with Crippen LogP contribution in [0.2, 0.25) is 0 Å². The number of amides is 1. The highest BCUT2D eigenvalue weighted by atomic mass is 32.2. The number of sulfonamides is 1. The third kappa shape index (κ3) is 8.31. The van der Waals surface area contributed by atoms with Gasteiger partial charge in [0.05, 0.1) is 0 Å². The second-order valence-electron chi connectivity index (χ2n) is 6.51. The Morgan fingerprint density at radius 1 is 1.04 bits per heavy atom. The summed E-state index contributed by atoms with van der Waals surface area (Å²) in [6.45, 7) is 0.111. The van der Waals surface area contributed by atoms with Crippen molar-refractivity contribution in [3.63, 3.8) is 0 Å². The first kappa shape index (κ1) is 19.7. The van der Waals surface area contributed by atoms with Crippen LogP contribution in [-0.4, -0.2) is 26.9 Å². The van der Waals surface area contributed by atoms with E-state index in [1.54, 1.807) is 0 Å². The largest absolute Gasteiger partial charge is 0.353 e. The summed E-state index contributed by atoms with van der Waals surface area (Å²) in [6, 6.07) is 9.46. The fraction of sp³-hybridized carbons (Fsp3) is 0.526. The number of hydrogen-bond donors (Lipinski definition) is 2. The van der Waals surface area contributed by atoms with E-state index in [2.05, 4.69) is 10.0 Å². The predicted octanol–water partition coefficient (Wildman–Crippen LogP) is 3.20. The van der Waals surface area contributed by atoms with Crippen LogP contribution in [0.1, 0.15) is 56.9 Å². The highest BCUT2D eigenvalue weighted by Crippen LogP contribution is 2.17. The zero-order chi connectivity index (χ0) is 18.0. The van der Waals surface area contributed by atoms with Crippen molar-refractivity contribution in [2.24, 2.45) is 0 Å². The molecule has 1 aromatic rings. The number of benzene rings is 1. The maximum Gasteiger partial charge on any atom is 0.233 e. The van der Waals surface area contributed by atoms with Crippen LogP contribution >= 0.6 is 0 Å². The fourth-order valence-corrected chi connectivity index (χ4v) is 3.81. The average molecular weight is 365 g/mol. The molecule has 0 aliphatic heterocycles. The van der Waals surface area contributed by atoms with Crippen LogP contribution in [0, 0.1) is 0 Å². The monoisotopic (exact) mass is 364 g/mol. The maximum absolute atomic E-state index is 12.0. The van der Waals surface area contributed by atoms with E-state index in [1.165, 1.54) is 25.3 Å². The Balaban J connectivity index is 1.71. The Kier molecular flexibility index (Phi) is 8.15. The smallest absolute Gasteiger partial charge is 0.233 e. The third-order valence-corrected chi connectivity index (χ3v) is 5.47. The lowest BCUT2D eigenvalue weighted by Crippen LogP contribution is -2.37. The molecule has 5 nitrogen and oxygen atoms in total. The molecule has 6 heteroatoms. The van der Waals surface area contributed by atoms with Gasteiger partial charge in [-0.2, -0.15) is 0 Å². The highest BCUT2D eigenvalue weighted by molar-refractivity contribution is 7.92. The normalized spacial score (nSPS) is 17.1. The summed E-state index contributed by atoms with van der Waals surface area (Å²) in [7, 11) is -3.53. The summed E-state index contributed by atoms with van der Waals surface area (Å²) in [5.41, 5.74) is 0.815. The SMILES string of the molecule is O=C(CCNS(=O)(=O)/C=C/c1ccccc1)NC1CCCCCCC1. The molecule has 0 spiro atoms. The zero-order valence-electron chi connectivity index (χ0n) is 14.6. The van der Waals surface area contributed by atoms with E-state index in [9.17, 15) is 13.2 Å². The van der Waals surface area contributed by atoms with E-state index in [4.69, 9.17) is 0 Å². The molecule has 0 radical (unpaired) electrons. The third-order valence-electron chi connectivity index (χ3n) is 4.36. The highest BCUT2D eigenvalue weighted by Gasteiger charge is 2.14. The first-order valence-corrected chi connectivity index (χ1v) is 10.6. The molecule has 0 saturated heterocycles. The van der Waals surface area contributed by atoms with Crippen molar-refractivity contribution in [3.8, 4) is 0 Å². The van der Waals surface area contributed by atoms with Crippen molar-refractivity contribution >= 4 is 22.0 Å². The van der Waals surface area contributed by atoms with Crippen molar-refractivity contribution in [1.82, 2.24) is 10.0 Å². The number of carbonyl (C=O) groups is 1. The Labute approximate surface area is 151 Å². The lowest BCUT2D eigenvalue weighted by Gasteiger charge is -2.21. The molecule has 1 aliphatic carbocycles. The predicted molar refractivity (Wildman–Crippen MR) is 101 cm³/mol. The Hall–Kier alpha value is -1.66. The van der Waals surface area contributed by atoms with Gasteiger partial charge in [0.15, 0.2) is 0 Å². The van der Waals surface area contributed by atoms with Crippen LogP contribution in [0.5, 0.6) is 0 Å². The van der Waals surface area contributed by atoms with Crippen LogP contribution in [0.25, 0.3) is 6.08 Å². The van der Waals surface area contributed by atoms with E-state index < -0.39 is 10.0 Å². The summed E-state index contributed by atoms with van der Waals surface area (Å²) in [4.78, 5) is 12.0. The van der Waals surface area contributed by atoms with Crippen LogP contribution in [0.3, 0.4) is 0 Å². The summed E-state index contributed by atoms with van der Waals surface area (Å²) < 4.78 is 26.3. The number of rotatable bonds is 7. The van der Waals surface area contributed by atoms with Gasteiger partial charge in [0.25, 0.3) is 0 Å². The lowest BCUT2D eigenvalue weighted by atomic mass is 9.96. The molecular weight excluding hydrogens is 336 g/mol. The van der Waals surface area contributed by atoms with Crippen LogP contribution < -0.4 is 10.0 Å². The summed E-state index contributed by atoms with van der Waals surface area (Å²) in [5.74, 6) is -0.0830. The molecule has 0 heterocycles. The van der Waals surface area contributed by atoms with Crippen molar-refractivity contribution in [2.45, 2.75) is 57.4 Å². The van der Waals surface area contributed by atoms with Gasteiger partial charge in [-0.25, -0.2) is 13.1 Å². The van der Waals surface area contributed by atoms with Gasteiger partial charge in [0.2, 0.25) is 15.9 Å². The number of nitrogens with one attached hydrogen (secondary N) is 2. The quantitative estimate of drug-likeness (QED) is 0.780. The van der Waals surface area contributed by atoms with Crippen molar-refractivity contribution in [1.29, 1.82) is 0 Å². The topological polar surface area (TPSA) is 75.3 Å². The summed E-state index contributed by atoms with van der Waals surface area (Å²) in [6.07, 6.45) is 9.82. The first-order valence-electron chi connectivity index (χ1n) is 9.07. The van der Waals surface area contributed by atoms with Crippen LogP contribution in [-0.2, 0) is 14.8 Å². The molecule has 1 aromatic carbocycles. The molecule has 1 saturated carbocycles. The summed E-state index contributed by atoms with van der Waals surface area (Å²) in [5, 5.41) is 4.17. The van der Waals surface area contributed by atoms with Gasteiger partial charge in [-0.3, -0.25) is 4.79 Å². The molecule has 1 aliphatic rings. The van der Waals surface area contributed by atoms with Gasteiger partial charge in [0, 0.05) is 24.4 Å². The van der Waals surface area contributed by atoms with Gasteiger partial charge in [-0.05, 0) is 24.5 Å². The maximum atomic E-state index is 12.0. The van der Waals surface area contributed by atoms with Gasteiger partial charge in [-0.1, -0.05) is 62.4 Å².